The molecule has 2 aliphatic heterocycles. The first-order chi connectivity index (χ1) is 20.4. The molecule has 3 aliphatic rings. The zero-order valence-electron chi connectivity index (χ0n) is 25.1. The summed E-state index contributed by atoms with van der Waals surface area (Å²) in [7, 11) is 0. The van der Waals surface area contributed by atoms with E-state index >= 15 is 0 Å². The maximum absolute atomic E-state index is 13.0. The lowest BCUT2D eigenvalue weighted by atomic mass is 9.52. The van der Waals surface area contributed by atoms with Crippen molar-refractivity contribution in [3.05, 3.63) is 64.7 Å². The Morgan fingerprint density at radius 3 is 2.33 bits per heavy atom. The Labute approximate surface area is 252 Å². The Bertz CT molecular complexity index is 1530. The number of nitrogens with zero attached hydrogens (tertiary/aromatic N) is 1. The van der Waals surface area contributed by atoms with E-state index in [0.29, 0.717) is 17.5 Å². The number of anilines is 1. The van der Waals surface area contributed by atoms with Crippen LogP contribution in [0.15, 0.2) is 42.5 Å². The first kappa shape index (κ1) is 30.0. The van der Waals surface area contributed by atoms with E-state index in [1.165, 1.54) is 0 Å². The molecule has 2 aromatic rings. The normalized spacial score (nSPS) is 20.5. The van der Waals surface area contributed by atoms with Crippen molar-refractivity contribution in [2.45, 2.75) is 78.3 Å². The topological polar surface area (TPSA) is 125 Å². The lowest BCUT2D eigenvalue weighted by Gasteiger charge is -2.57. The number of piperidine rings is 1. The monoisotopic (exact) mass is 582 g/mol. The fraction of sp³-hybridized carbons (Fsp3) is 0.441. The van der Waals surface area contributed by atoms with Crippen LogP contribution in [0, 0.1) is 22.7 Å². The van der Waals surface area contributed by atoms with Gasteiger partial charge in [-0.15, -0.1) is 0 Å². The molecule has 3 N–H and O–H groups in total. The zero-order chi connectivity index (χ0) is 30.9. The number of hydrogen-bond acceptors (Lipinski definition) is 6. The number of rotatable bonds is 8. The summed E-state index contributed by atoms with van der Waals surface area (Å²) in [6, 6.07) is 11.6. The first-order valence-corrected chi connectivity index (χ1v) is 14.9. The third-order valence-electron chi connectivity index (χ3n) is 8.63. The van der Waals surface area contributed by atoms with Gasteiger partial charge in [0.05, 0.1) is 11.1 Å². The minimum Gasteiger partial charge on any atom is -0.385 e. The molecule has 5 rings (SSSR count). The summed E-state index contributed by atoms with van der Waals surface area (Å²) >= 11 is 0. The van der Waals surface area contributed by atoms with Crippen molar-refractivity contribution in [3.8, 4) is 11.8 Å². The molecule has 9 nitrogen and oxygen atoms in total. The Hall–Kier alpha value is -4.45. The van der Waals surface area contributed by atoms with E-state index in [4.69, 9.17) is 0 Å². The van der Waals surface area contributed by atoms with Crippen molar-refractivity contribution in [1.29, 1.82) is 0 Å². The molecule has 224 valence electrons. The maximum Gasteiger partial charge on any atom is 0.262 e. The van der Waals surface area contributed by atoms with Gasteiger partial charge >= 0.3 is 0 Å². The summed E-state index contributed by atoms with van der Waals surface area (Å²) in [6.07, 6.45) is 3.74. The van der Waals surface area contributed by atoms with Crippen molar-refractivity contribution in [2.24, 2.45) is 10.8 Å². The SMILES string of the molecule is CC1(C)CC(C)(C)C1NC(=O)c1ccc(NCCCCC#Cc2ccc3c(c2)C(=O)N(C2CCC(=O)NC2=O)C3=O)cc1. The van der Waals surface area contributed by atoms with Gasteiger partial charge in [-0.3, -0.25) is 34.2 Å². The van der Waals surface area contributed by atoms with Crippen molar-refractivity contribution in [2.75, 3.05) is 11.9 Å². The molecule has 9 heteroatoms. The smallest absolute Gasteiger partial charge is 0.262 e. The summed E-state index contributed by atoms with van der Waals surface area (Å²) in [5.74, 6) is 4.05. The van der Waals surface area contributed by atoms with Crippen LogP contribution in [0.4, 0.5) is 5.69 Å². The highest BCUT2D eigenvalue weighted by atomic mass is 16.2. The van der Waals surface area contributed by atoms with Gasteiger partial charge in [0.2, 0.25) is 11.8 Å². The molecule has 0 bridgehead atoms. The molecule has 1 saturated heterocycles. The summed E-state index contributed by atoms with van der Waals surface area (Å²) in [4.78, 5) is 63.2. The number of unbranched alkanes of at least 4 members (excludes halogenated alkanes) is 2. The number of carbonyl (C=O) groups excluding carboxylic acids is 5. The van der Waals surface area contributed by atoms with E-state index in [2.05, 4.69) is 55.5 Å². The summed E-state index contributed by atoms with van der Waals surface area (Å²) < 4.78 is 0. The van der Waals surface area contributed by atoms with Crippen LogP contribution in [0.3, 0.4) is 0 Å². The number of hydrogen-bond donors (Lipinski definition) is 3. The average Bonchev–Trinajstić information content (AvgIpc) is 3.19. The van der Waals surface area contributed by atoms with E-state index in [-0.39, 0.29) is 46.7 Å². The third-order valence-corrected chi connectivity index (χ3v) is 8.63. The van der Waals surface area contributed by atoms with Gasteiger partial charge in [-0.1, -0.05) is 39.5 Å². The number of benzene rings is 2. The second kappa shape index (κ2) is 11.7. The first-order valence-electron chi connectivity index (χ1n) is 14.9. The van der Waals surface area contributed by atoms with Crippen molar-refractivity contribution in [3.63, 3.8) is 0 Å². The summed E-state index contributed by atoms with van der Waals surface area (Å²) in [6.45, 7) is 9.55. The highest BCUT2D eigenvalue weighted by Crippen LogP contribution is 2.53. The van der Waals surface area contributed by atoms with Gasteiger partial charge < -0.3 is 10.6 Å². The summed E-state index contributed by atoms with van der Waals surface area (Å²) in [5, 5.41) is 8.80. The van der Waals surface area contributed by atoms with Crippen molar-refractivity contribution in [1.82, 2.24) is 15.5 Å². The average molecular weight is 583 g/mol. The molecule has 1 unspecified atom stereocenters. The second-order valence-electron chi connectivity index (χ2n) is 13.0. The molecular weight excluding hydrogens is 544 g/mol. The predicted octanol–water partition coefficient (Wildman–Crippen LogP) is 4.28. The number of nitrogens with one attached hydrogen (secondary N) is 3. The standard InChI is InChI=1S/C34H38N4O5/c1-33(2)20-34(3,4)32(33)37-28(40)22-11-13-23(14-12-22)35-18-8-6-5-7-9-21-10-15-24-25(19-21)31(43)38(30(24)42)26-16-17-27(39)36-29(26)41/h10-15,19,26,32,35H,5-6,8,16-18,20H2,1-4H3,(H,37,40)(H,36,39,41). The van der Waals surface area contributed by atoms with Gasteiger partial charge in [0.25, 0.3) is 17.7 Å². The minimum absolute atomic E-state index is 0.0399. The molecular formula is C34H38N4O5. The molecule has 0 spiro atoms. The zero-order valence-corrected chi connectivity index (χ0v) is 25.1. The minimum atomic E-state index is -0.983. The van der Waals surface area contributed by atoms with Crippen molar-refractivity contribution < 1.29 is 24.0 Å². The lowest BCUT2D eigenvalue weighted by Crippen LogP contribution is -2.63. The van der Waals surface area contributed by atoms with Crippen molar-refractivity contribution >= 4 is 35.2 Å². The molecule has 0 radical (unpaired) electrons. The number of imide groups is 2. The van der Waals surface area contributed by atoms with E-state index in [0.717, 1.165) is 36.4 Å². The van der Waals surface area contributed by atoms with Gasteiger partial charge in [0.15, 0.2) is 0 Å². The van der Waals surface area contributed by atoms with Crippen LogP contribution in [0.5, 0.6) is 0 Å². The van der Waals surface area contributed by atoms with Gasteiger partial charge in [-0.25, -0.2) is 0 Å². The van der Waals surface area contributed by atoms with Crippen LogP contribution in [0.2, 0.25) is 0 Å². The molecule has 1 atom stereocenters. The van der Waals surface area contributed by atoms with E-state index in [1.807, 2.05) is 24.3 Å². The highest BCUT2D eigenvalue weighted by molar-refractivity contribution is 6.23. The van der Waals surface area contributed by atoms with Crippen LogP contribution >= 0.6 is 0 Å². The van der Waals surface area contributed by atoms with Crippen LogP contribution < -0.4 is 16.0 Å². The molecule has 1 aliphatic carbocycles. The van der Waals surface area contributed by atoms with Crippen LogP contribution in [-0.2, 0) is 9.59 Å². The molecule has 2 aromatic carbocycles. The van der Waals surface area contributed by atoms with Gasteiger partial charge in [0, 0.05) is 42.2 Å². The molecule has 5 amide bonds. The lowest BCUT2D eigenvalue weighted by molar-refractivity contribution is -0.136. The maximum atomic E-state index is 13.0. The fourth-order valence-electron chi connectivity index (χ4n) is 6.93. The Morgan fingerprint density at radius 2 is 1.65 bits per heavy atom. The Balaban J connectivity index is 1.06. The molecule has 0 aromatic heterocycles. The second-order valence-corrected chi connectivity index (χ2v) is 13.0. The van der Waals surface area contributed by atoms with E-state index in [1.54, 1.807) is 18.2 Å². The van der Waals surface area contributed by atoms with E-state index in [9.17, 15) is 24.0 Å². The molecule has 2 fully saturated rings. The molecule has 43 heavy (non-hydrogen) atoms. The number of carbonyl (C=O) groups is 5. The Morgan fingerprint density at radius 1 is 0.953 bits per heavy atom. The number of amides is 5. The van der Waals surface area contributed by atoms with Crippen LogP contribution in [0.1, 0.15) is 103 Å². The summed E-state index contributed by atoms with van der Waals surface area (Å²) in [5.41, 5.74) is 2.91. The quantitative estimate of drug-likeness (QED) is 0.243. The largest absolute Gasteiger partial charge is 0.385 e. The van der Waals surface area contributed by atoms with Gasteiger partial charge in [0.1, 0.15) is 6.04 Å². The molecule has 2 heterocycles. The fourth-order valence-corrected chi connectivity index (χ4v) is 6.93. The van der Waals surface area contributed by atoms with Crippen LogP contribution in [-0.4, -0.2) is 53.1 Å². The predicted molar refractivity (Wildman–Crippen MR) is 162 cm³/mol. The van der Waals surface area contributed by atoms with Gasteiger partial charge in [-0.2, -0.15) is 0 Å². The Kier molecular flexibility index (Phi) is 8.15. The molecule has 1 saturated carbocycles. The number of fused-ring (bicyclic) bond motifs is 1. The van der Waals surface area contributed by atoms with Gasteiger partial charge in [-0.05, 0) is 79.0 Å². The third kappa shape index (κ3) is 6.19. The van der Waals surface area contributed by atoms with Crippen LogP contribution in [0.25, 0.3) is 0 Å². The highest BCUT2D eigenvalue weighted by Gasteiger charge is 2.53. The van der Waals surface area contributed by atoms with E-state index < -0.39 is 29.7 Å².